The number of alkyl halides is 2. The first kappa shape index (κ1) is 14.8. The summed E-state index contributed by atoms with van der Waals surface area (Å²) >= 11 is 0. The van der Waals surface area contributed by atoms with Crippen molar-refractivity contribution in [3.05, 3.63) is 71.3 Å². The van der Waals surface area contributed by atoms with E-state index in [9.17, 15) is 8.78 Å². The van der Waals surface area contributed by atoms with Gasteiger partial charge < -0.3 is 9.47 Å². The SMILES string of the molecule is Cc1ccc(C2C(C3(c4ccccc4)OCCO3)C2(F)F)cc1. The maximum Gasteiger partial charge on any atom is 0.264 e. The summed E-state index contributed by atoms with van der Waals surface area (Å²) in [6.45, 7) is 2.62. The van der Waals surface area contributed by atoms with Gasteiger partial charge in [0, 0.05) is 5.56 Å². The summed E-state index contributed by atoms with van der Waals surface area (Å²) < 4.78 is 40.9. The molecule has 0 N–H and O–H groups in total. The maximum absolute atomic E-state index is 14.7. The standard InChI is InChI=1S/C19H18F2O2/c1-13-7-9-14(10-8-13)16-17(18(16,20)21)19(22-11-12-23-19)15-5-3-2-4-6-15/h2-10,16-17H,11-12H2,1H3. The predicted molar refractivity (Wildman–Crippen MR) is 82.4 cm³/mol. The van der Waals surface area contributed by atoms with Gasteiger partial charge in [0.15, 0.2) is 0 Å². The third kappa shape index (κ3) is 2.20. The van der Waals surface area contributed by atoms with Crippen molar-refractivity contribution in [3.63, 3.8) is 0 Å². The highest BCUT2D eigenvalue weighted by Gasteiger charge is 2.78. The van der Waals surface area contributed by atoms with E-state index in [2.05, 4.69) is 0 Å². The van der Waals surface area contributed by atoms with Gasteiger partial charge in [-0.25, -0.2) is 8.78 Å². The highest BCUT2D eigenvalue weighted by atomic mass is 19.3. The summed E-state index contributed by atoms with van der Waals surface area (Å²) in [6.07, 6.45) is 0. The number of ether oxygens (including phenoxy) is 2. The van der Waals surface area contributed by atoms with Gasteiger partial charge in [-0.05, 0) is 12.5 Å². The molecule has 2 aromatic rings. The summed E-state index contributed by atoms with van der Waals surface area (Å²) in [5, 5.41) is 0. The van der Waals surface area contributed by atoms with E-state index in [0.29, 0.717) is 24.3 Å². The van der Waals surface area contributed by atoms with E-state index in [4.69, 9.17) is 9.47 Å². The van der Waals surface area contributed by atoms with E-state index in [1.165, 1.54) is 0 Å². The second kappa shape index (κ2) is 5.11. The van der Waals surface area contributed by atoms with Crippen LogP contribution >= 0.6 is 0 Å². The number of rotatable bonds is 3. The Hall–Kier alpha value is -1.78. The van der Waals surface area contributed by atoms with Crippen LogP contribution in [-0.2, 0) is 15.3 Å². The van der Waals surface area contributed by atoms with E-state index in [-0.39, 0.29) is 0 Å². The van der Waals surface area contributed by atoms with Crippen LogP contribution in [0.25, 0.3) is 0 Å². The van der Waals surface area contributed by atoms with Gasteiger partial charge in [-0.3, -0.25) is 0 Å². The van der Waals surface area contributed by atoms with Gasteiger partial charge in [-0.15, -0.1) is 0 Å². The molecule has 1 aliphatic heterocycles. The molecule has 2 atom stereocenters. The fraction of sp³-hybridized carbons (Fsp3) is 0.368. The summed E-state index contributed by atoms with van der Waals surface area (Å²) in [7, 11) is 0. The lowest BCUT2D eigenvalue weighted by atomic mass is 9.97. The molecule has 2 fully saturated rings. The molecule has 2 unspecified atom stereocenters. The minimum absolute atomic E-state index is 0.335. The zero-order valence-corrected chi connectivity index (χ0v) is 12.8. The highest BCUT2D eigenvalue weighted by Crippen LogP contribution is 2.69. The zero-order chi connectivity index (χ0) is 16.1. The second-order valence-electron chi connectivity index (χ2n) is 6.27. The van der Waals surface area contributed by atoms with Crippen molar-refractivity contribution >= 4 is 0 Å². The number of hydrogen-bond acceptors (Lipinski definition) is 2. The van der Waals surface area contributed by atoms with Crippen LogP contribution in [0, 0.1) is 12.8 Å². The molecule has 2 aromatic carbocycles. The molecule has 1 saturated heterocycles. The average molecular weight is 316 g/mol. The molecule has 2 nitrogen and oxygen atoms in total. The van der Waals surface area contributed by atoms with Gasteiger partial charge >= 0.3 is 0 Å². The molecule has 23 heavy (non-hydrogen) atoms. The summed E-state index contributed by atoms with van der Waals surface area (Å²) in [5.74, 6) is -6.06. The van der Waals surface area contributed by atoms with Crippen molar-refractivity contribution in [2.24, 2.45) is 5.92 Å². The summed E-state index contributed by atoms with van der Waals surface area (Å²) in [4.78, 5) is 0. The number of hydrogen-bond donors (Lipinski definition) is 0. The van der Waals surface area contributed by atoms with Crippen LogP contribution in [0.2, 0.25) is 0 Å². The maximum atomic E-state index is 14.7. The lowest BCUT2D eigenvalue weighted by molar-refractivity contribution is -0.198. The number of halogens is 2. The third-order valence-corrected chi connectivity index (χ3v) is 4.79. The third-order valence-electron chi connectivity index (χ3n) is 4.79. The van der Waals surface area contributed by atoms with Crippen molar-refractivity contribution in [1.29, 1.82) is 0 Å². The fourth-order valence-electron chi connectivity index (χ4n) is 3.61. The van der Waals surface area contributed by atoms with Crippen LogP contribution in [0.3, 0.4) is 0 Å². The van der Waals surface area contributed by atoms with Gasteiger partial charge in [-0.1, -0.05) is 60.2 Å². The molecular formula is C19H18F2O2. The molecule has 0 spiro atoms. The molecule has 1 saturated carbocycles. The largest absolute Gasteiger partial charge is 0.343 e. The first-order chi connectivity index (χ1) is 11.1. The average Bonchev–Trinajstić information content (AvgIpc) is 2.93. The van der Waals surface area contributed by atoms with Crippen LogP contribution in [0.5, 0.6) is 0 Å². The van der Waals surface area contributed by atoms with Crippen molar-refractivity contribution in [2.75, 3.05) is 13.2 Å². The van der Waals surface area contributed by atoms with Crippen LogP contribution in [-0.4, -0.2) is 19.1 Å². The van der Waals surface area contributed by atoms with Crippen molar-refractivity contribution in [1.82, 2.24) is 0 Å². The Bertz CT molecular complexity index is 691. The Morgan fingerprint density at radius 2 is 1.52 bits per heavy atom. The minimum atomic E-state index is -2.84. The Labute approximate surface area is 134 Å². The molecule has 0 aromatic heterocycles. The first-order valence-electron chi connectivity index (χ1n) is 7.83. The summed E-state index contributed by atoms with van der Waals surface area (Å²) in [5.41, 5.74) is 2.36. The van der Waals surface area contributed by atoms with Gasteiger partial charge in [0.25, 0.3) is 5.92 Å². The molecular weight excluding hydrogens is 298 g/mol. The Morgan fingerprint density at radius 1 is 0.913 bits per heavy atom. The quantitative estimate of drug-likeness (QED) is 0.843. The highest BCUT2D eigenvalue weighted by molar-refractivity contribution is 5.39. The molecule has 0 radical (unpaired) electrons. The van der Waals surface area contributed by atoms with E-state index in [1.807, 2.05) is 37.3 Å². The van der Waals surface area contributed by atoms with Crippen LogP contribution in [0.4, 0.5) is 8.78 Å². The first-order valence-corrected chi connectivity index (χ1v) is 7.83. The molecule has 2 aliphatic rings. The fourth-order valence-corrected chi connectivity index (χ4v) is 3.61. The van der Waals surface area contributed by atoms with E-state index >= 15 is 0 Å². The Kier molecular flexibility index (Phi) is 3.29. The molecule has 4 rings (SSSR count). The smallest absolute Gasteiger partial charge is 0.264 e. The topological polar surface area (TPSA) is 18.5 Å². The van der Waals surface area contributed by atoms with Crippen LogP contribution < -0.4 is 0 Å². The predicted octanol–water partition coefficient (Wildman–Crippen LogP) is 4.24. The van der Waals surface area contributed by atoms with E-state index in [1.54, 1.807) is 24.3 Å². The Balaban J connectivity index is 1.74. The minimum Gasteiger partial charge on any atom is -0.343 e. The summed E-state index contributed by atoms with van der Waals surface area (Å²) in [6, 6.07) is 16.4. The van der Waals surface area contributed by atoms with E-state index < -0.39 is 23.5 Å². The number of benzene rings is 2. The lowest BCUT2D eigenvalue weighted by Gasteiger charge is -2.28. The normalized spacial score (nSPS) is 27.8. The van der Waals surface area contributed by atoms with Gasteiger partial charge in [0.2, 0.25) is 5.79 Å². The molecule has 4 heteroatoms. The zero-order valence-electron chi connectivity index (χ0n) is 12.8. The van der Waals surface area contributed by atoms with Gasteiger partial charge in [0.1, 0.15) is 0 Å². The molecule has 1 heterocycles. The number of aryl methyl sites for hydroxylation is 1. The molecule has 120 valence electrons. The second-order valence-corrected chi connectivity index (χ2v) is 6.27. The van der Waals surface area contributed by atoms with Gasteiger partial charge in [0.05, 0.1) is 25.0 Å². The van der Waals surface area contributed by atoms with Gasteiger partial charge in [-0.2, -0.15) is 0 Å². The van der Waals surface area contributed by atoms with Crippen molar-refractivity contribution in [2.45, 2.75) is 24.6 Å². The Morgan fingerprint density at radius 3 is 2.13 bits per heavy atom. The molecule has 1 aliphatic carbocycles. The lowest BCUT2D eigenvalue weighted by Crippen LogP contribution is -2.32. The van der Waals surface area contributed by atoms with Crippen molar-refractivity contribution in [3.8, 4) is 0 Å². The van der Waals surface area contributed by atoms with Crippen LogP contribution in [0.15, 0.2) is 54.6 Å². The molecule has 0 amide bonds. The van der Waals surface area contributed by atoms with Crippen LogP contribution in [0.1, 0.15) is 22.6 Å². The molecule has 0 bridgehead atoms. The monoisotopic (exact) mass is 316 g/mol. The van der Waals surface area contributed by atoms with E-state index in [0.717, 1.165) is 5.56 Å². The van der Waals surface area contributed by atoms with Crippen molar-refractivity contribution < 1.29 is 18.3 Å².